The first-order valence-electron chi connectivity index (χ1n) is 9.00. The van der Waals surface area contributed by atoms with Crippen molar-refractivity contribution in [3.8, 4) is 11.4 Å². The Hall–Kier alpha value is -2.58. The summed E-state index contributed by atoms with van der Waals surface area (Å²) in [6.07, 6.45) is 6.02. The van der Waals surface area contributed by atoms with Crippen molar-refractivity contribution in [2.75, 3.05) is 31.6 Å². The van der Waals surface area contributed by atoms with Gasteiger partial charge in [-0.2, -0.15) is 4.52 Å². The van der Waals surface area contributed by atoms with Gasteiger partial charge in [-0.3, -0.25) is 4.98 Å². The Bertz CT molecular complexity index is 904. The van der Waals surface area contributed by atoms with Gasteiger partial charge in [0.25, 0.3) is 0 Å². The van der Waals surface area contributed by atoms with Crippen molar-refractivity contribution in [2.45, 2.75) is 18.9 Å². The fraction of sp³-hybridized carbons (Fsp3) is 0.444. The van der Waals surface area contributed by atoms with Gasteiger partial charge in [0.15, 0.2) is 11.5 Å². The van der Waals surface area contributed by atoms with Crippen LogP contribution >= 0.6 is 0 Å². The summed E-state index contributed by atoms with van der Waals surface area (Å²) in [5.41, 5.74) is 1.99. The minimum absolute atomic E-state index is 0.230. The molecule has 3 aromatic heterocycles. The summed E-state index contributed by atoms with van der Waals surface area (Å²) in [4.78, 5) is 4.05. The van der Waals surface area contributed by atoms with Gasteiger partial charge in [0.05, 0.1) is 12.7 Å². The Morgan fingerprint density at radius 1 is 1.23 bits per heavy atom. The zero-order chi connectivity index (χ0) is 17.4. The molecule has 2 unspecified atom stereocenters. The van der Waals surface area contributed by atoms with Gasteiger partial charge < -0.3 is 15.4 Å². The van der Waals surface area contributed by atoms with Gasteiger partial charge in [-0.25, -0.2) is 0 Å². The van der Waals surface area contributed by atoms with Crippen LogP contribution in [-0.2, 0) is 4.74 Å². The molecule has 2 aliphatic rings. The maximum atomic E-state index is 6.01. The molecule has 1 spiro atoms. The molecule has 5 heterocycles. The van der Waals surface area contributed by atoms with Gasteiger partial charge in [-0.15, -0.1) is 15.3 Å². The second-order valence-electron chi connectivity index (χ2n) is 7.19. The van der Waals surface area contributed by atoms with Crippen molar-refractivity contribution in [2.24, 2.45) is 5.41 Å². The van der Waals surface area contributed by atoms with E-state index >= 15 is 0 Å². The fourth-order valence-corrected chi connectivity index (χ4v) is 3.90. The molecule has 0 bridgehead atoms. The number of hydrogen-bond acceptors (Lipinski definition) is 7. The third kappa shape index (κ3) is 2.81. The molecule has 2 saturated heterocycles. The topological polar surface area (TPSA) is 89.3 Å². The first-order chi connectivity index (χ1) is 12.8. The highest BCUT2D eigenvalue weighted by Gasteiger charge is 2.42. The van der Waals surface area contributed by atoms with Crippen LogP contribution in [0.15, 0.2) is 36.7 Å². The van der Waals surface area contributed by atoms with Gasteiger partial charge in [0.1, 0.15) is 5.82 Å². The molecule has 134 valence electrons. The average molecular weight is 351 g/mol. The second kappa shape index (κ2) is 6.30. The molecule has 2 aliphatic heterocycles. The monoisotopic (exact) mass is 351 g/mol. The predicted octanol–water partition coefficient (Wildman–Crippen LogP) is 1.37. The smallest absolute Gasteiger partial charge is 0.185 e. The van der Waals surface area contributed by atoms with Gasteiger partial charge in [-0.1, -0.05) is 0 Å². The Kier molecular flexibility index (Phi) is 3.79. The molecule has 5 rings (SSSR count). The van der Waals surface area contributed by atoms with Crippen LogP contribution in [0.25, 0.3) is 17.0 Å². The Labute approximate surface area is 151 Å². The largest absolute Gasteiger partial charge is 0.376 e. The van der Waals surface area contributed by atoms with E-state index in [0.29, 0.717) is 11.2 Å². The second-order valence-corrected chi connectivity index (χ2v) is 7.19. The predicted molar refractivity (Wildman–Crippen MR) is 96.8 cm³/mol. The van der Waals surface area contributed by atoms with Gasteiger partial charge in [0, 0.05) is 36.5 Å². The van der Waals surface area contributed by atoms with Gasteiger partial charge in [-0.05, 0) is 43.7 Å². The molecular formula is C18H21N7O. The van der Waals surface area contributed by atoms with Crippen LogP contribution in [-0.4, -0.2) is 57.1 Å². The van der Waals surface area contributed by atoms with Crippen molar-refractivity contribution >= 4 is 11.5 Å². The van der Waals surface area contributed by atoms with Crippen molar-refractivity contribution in [1.29, 1.82) is 0 Å². The van der Waals surface area contributed by atoms with E-state index in [-0.39, 0.29) is 6.10 Å². The van der Waals surface area contributed by atoms with Crippen LogP contribution in [0.3, 0.4) is 0 Å². The zero-order valence-corrected chi connectivity index (χ0v) is 14.4. The molecule has 8 heteroatoms. The van der Waals surface area contributed by atoms with Crippen LogP contribution < -0.4 is 10.6 Å². The summed E-state index contributed by atoms with van der Waals surface area (Å²) in [7, 11) is 0. The van der Waals surface area contributed by atoms with Crippen LogP contribution in [0, 0.1) is 5.41 Å². The van der Waals surface area contributed by atoms with Crippen molar-refractivity contribution in [3.63, 3.8) is 0 Å². The van der Waals surface area contributed by atoms with Gasteiger partial charge >= 0.3 is 0 Å². The van der Waals surface area contributed by atoms with Crippen LogP contribution in [0.2, 0.25) is 0 Å². The SMILES string of the molecule is c1cc(-c2nnc3ccc(NCC4CC5(CCNC5)CO4)nn23)ccn1. The van der Waals surface area contributed by atoms with Crippen molar-refractivity contribution < 1.29 is 4.74 Å². The molecule has 0 aliphatic carbocycles. The van der Waals surface area contributed by atoms with E-state index in [4.69, 9.17) is 4.74 Å². The molecule has 2 atom stereocenters. The number of ether oxygens (including phenoxy) is 1. The Balaban J connectivity index is 1.32. The number of rotatable bonds is 4. The lowest BCUT2D eigenvalue weighted by atomic mass is 9.85. The molecule has 8 nitrogen and oxygen atoms in total. The number of anilines is 1. The number of fused-ring (bicyclic) bond motifs is 1. The van der Waals surface area contributed by atoms with Crippen LogP contribution in [0.1, 0.15) is 12.8 Å². The summed E-state index contributed by atoms with van der Waals surface area (Å²) < 4.78 is 7.77. The van der Waals surface area contributed by atoms with Crippen LogP contribution in [0.4, 0.5) is 5.82 Å². The lowest BCUT2D eigenvalue weighted by Gasteiger charge is -2.18. The number of aromatic nitrogens is 5. The zero-order valence-electron chi connectivity index (χ0n) is 14.4. The fourth-order valence-electron chi connectivity index (χ4n) is 3.90. The Morgan fingerprint density at radius 3 is 3.00 bits per heavy atom. The first-order valence-corrected chi connectivity index (χ1v) is 9.00. The normalized spacial score (nSPS) is 25.3. The standard InChI is InChI=1S/C18H21N7O/c1-2-16-22-23-17(13-3-6-19-7-4-13)25(16)24-15(1)21-10-14-9-18(12-26-14)5-8-20-11-18/h1-4,6-7,14,20H,5,8-12H2,(H,21,24). The number of nitrogens with zero attached hydrogens (tertiary/aromatic N) is 5. The van der Waals surface area contributed by atoms with E-state index in [9.17, 15) is 0 Å². The van der Waals surface area contributed by atoms with E-state index in [1.165, 1.54) is 6.42 Å². The highest BCUT2D eigenvalue weighted by molar-refractivity contribution is 5.58. The average Bonchev–Trinajstić information content (AvgIpc) is 3.41. The maximum Gasteiger partial charge on any atom is 0.185 e. The molecule has 2 N–H and O–H groups in total. The van der Waals surface area contributed by atoms with Crippen molar-refractivity contribution in [3.05, 3.63) is 36.7 Å². The van der Waals surface area contributed by atoms with Crippen molar-refractivity contribution in [1.82, 2.24) is 30.1 Å². The highest BCUT2D eigenvalue weighted by Crippen LogP contribution is 2.37. The molecule has 2 fully saturated rings. The molecule has 3 aromatic rings. The Morgan fingerprint density at radius 2 is 2.15 bits per heavy atom. The van der Waals surface area contributed by atoms with E-state index in [2.05, 4.69) is 30.9 Å². The first kappa shape index (κ1) is 15.7. The minimum atomic E-state index is 0.230. The van der Waals surface area contributed by atoms with E-state index in [1.54, 1.807) is 16.9 Å². The van der Waals surface area contributed by atoms with Crippen LogP contribution in [0.5, 0.6) is 0 Å². The third-order valence-electron chi connectivity index (χ3n) is 5.33. The summed E-state index contributed by atoms with van der Waals surface area (Å²) in [6.45, 7) is 3.79. The summed E-state index contributed by atoms with van der Waals surface area (Å²) in [6, 6.07) is 7.66. The molecule has 0 aromatic carbocycles. The highest BCUT2D eigenvalue weighted by atomic mass is 16.5. The van der Waals surface area contributed by atoms with E-state index in [1.807, 2.05) is 24.3 Å². The van der Waals surface area contributed by atoms with E-state index < -0.39 is 0 Å². The lowest BCUT2D eigenvalue weighted by molar-refractivity contribution is 0.105. The summed E-state index contributed by atoms with van der Waals surface area (Å²) in [5, 5.41) is 20.0. The van der Waals surface area contributed by atoms with E-state index in [0.717, 1.165) is 49.7 Å². The molecule has 0 radical (unpaired) electrons. The van der Waals surface area contributed by atoms with Gasteiger partial charge in [0.2, 0.25) is 0 Å². The maximum absolute atomic E-state index is 6.01. The number of hydrogen-bond donors (Lipinski definition) is 2. The lowest BCUT2D eigenvalue weighted by Crippen LogP contribution is -2.25. The minimum Gasteiger partial charge on any atom is -0.376 e. The molecular weight excluding hydrogens is 330 g/mol. The molecule has 0 amide bonds. The number of nitrogens with one attached hydrogen (secondary N) is 2. The number of pyridine rings is 1. The molecule has 26 heavy (non-hydrogen) atoms. The summed E-state index contributed by atoms with van der Waals surface area (Å²) in [5.74, 6) is 1.50. The third-order valence-corrected chi connectivity index (χ3v) is 5.33. The summed E-state index contributed by atoms with van der Waals surface area (Å²) >= 11 is 0. The quantitative estimate of drug-likeness (QED) is 0.734. The molecule has 0 saturated carbocycles.